The van der Waals surface area contributed by atoms with Gasteiger partial charge in [-0.3, -0.25) is 0 Å². The molecule has 9 heteroatoms. The third-order valence-corrected chi connectivity index (χ3v) is 4.74. The van der Waals surface area contributed by atoms with Gasteiger partial charge in [0.05, 0.1) is 26.9 Å². The molecule has 2 aromatic carbocycles. The second kappa shape index (κ2) is 8.23. The van der Waals surface area contributed by atoms with Gasteiger partial charge in [-0.15, -0.1) is 0 Å². The molecule has 4 rings (SSSR count). The first-order chi connectivity index (χ1) is 15.0. The Hall–Kier alpha value is -4.27. The van der Waals surface area contributed by atoms with Crippen LogP contribution in [-0.2, 0) is 0 Å². The Kier molecular flexibility index (Phi) is 5.31. The van der Waals surface area contributed by atoms with Crippen molar-refractivity contribution in [1.29, 1.82) is 0 Å². The van der Waals surface area contributed by atoms with E-state index < -0.39 is 5.97 Å². The van der Waals surface area contributed by atoms with Gasteiger partial charge in [-0.05, 0) is 30.3 Å². The predicted molar refractivity (Wildman–Crippen MR) is 115 cm³/mol. The molecule has 9 nitrogen and oxygen atoms in total. The quantitative estimate of drug-likeness (QED) is 0.464. The standard InChI is InChI=1S/C22H20N4O5/c1-29-17-10-15(11-18(30-2)19(17)31-3)24-22-23-12-14-8-9-26(20(14)25-22)16-6-4-13(5-7-16)21(27)28/h4-12H,1-3H3,(H,27,28)(H,23,24,25). The number of nitrogens with zero attached hydrogens (tertiary/aromatic N) is 3. The molecule has 4 aromatic rings. The fourth-order valence-corrected chi connectivity index (χ4v) is 3.23. The summed E-state index contributed by atoms with van der Waals surface area (Å²) in [6.07, 6.45) is 3.57. The monoisotopic (exact) mass is 420 g/mol. The molecule has 0 atom stereocenters. The Labute approximate surface area is 177 Å². The van der Waals surface area contributed by atoms with E-state index in [1.54, 1.807) is 63.9 Å². The van der Waals surface area contributed by atoms with Crippen molar-refractivity contribution in [2.45, 2.75) is 0 Å². The maximum Gasteiger partial charge on any atom is 0.335 e. The zero-order valence-corrected chi connectivity index (χ0v) is 17.1. The molecule has 0 fully saturated rings. The Bertz CT molecular complexity index is 1230. The number of benzene rings is 2. The van der Waals surface area contributed by atoms with Crippen molar-refractivity contribution in [1.82, 2.24) is 14.5 Å². The minimum absolute atomic E-state index is 0.222. The molecule has 0 saturated heterocycles. The highest BCUT2D eigenvalue weighted by atomic mass is 16.5. The second-order valence-corrected chi connectivity index (χ2v) is 6.55. The van der Waals surface area contributed by atoms with Crippen LogP contribution in [0, 0.1) is 0 Å². The molecule has 31 heavy (non-hydrogen) atoms. The maximum absolute atomic E-state index is 11.1. The molecule has 0 bridgehead atoms. The van der Waals surface area contributed by atoms with Gasteiger partial charge in [-0.2, -0.15) is 4.98 Å². The lowest BCUT2D eigenvalue weighted by atomic mass is 10.2. The van der Waals surface area contributed by atoms with Gasteiger partial charge in [0.1, 0.15) is 5.65 Å². The largest absolute Gasteiger partial charge is 0.493 e. The highest BCUT2D eigenvalue weighted by Gasteiger charge is 2.14. The summed E-state index contributed by atoms with van der Waals surface area (Å²) in [7, 11) is 4.64. The zero-order valence-electron chi connectivity index (χ0n) is 17.1. The van der Waals surface area contributed by atoms with E-state index in [0.717, 1.165) is 11.1 Å². The number of hydrogen-bond donors (Lipinski definition) is 2. The Balaban J connectivity index is 1.70. The average Bonchev–Trinajstić information content (AvgIpc) is 3.21. The molecule has 0 saturated carbocycles. The highest BCUT2D eigenvalue weighted by Crippen LogP contribution is 2.40. The fourth-order valence-electron chi connectivity index (χ4n) is 3.23. The number of rotatable bonds is 7. The van der Waals surface area contributed by atoms with Crippen molar-refractivity contribution in [3.63, 3.8) is 0 Å². The smallest absolute Gasteiger partial charge is 0.335 e. The zero-order chi connectivity index (χ0) is 22.0. The number of anilines is 2. The van der Waals surface area contributed by atoms with Crippen LogP contribution < -0.4 is 19.5 Å². The summed E-state index contributed by atoms with van der Waals surface area (Å²) in [6, 6.07) is 12.0. The predicted octanol–water partition coefficient (Wildman–Crippen LogP) is 3.89. The fraction of sp³-hybridized carbons (Fsp3) is 0.136. The van der Waals surface area contributed by atoms with Crippen LogP contribution in [-0.4, -0.2) is 46.9 Å². The summed E-state index contributed by atoms with van der Waals surface area (Å²) in [4.78, 5) is 20.1. The molecule has 2 aromatic heterocycles. The molecule has 2 heterocycles. The first-order valence-corrected chi connectivity index (χ1v) is 9.29. The van der Waals surface area contributed by atoms with Crippen molar-refractivity contribution in [3.05, 3.63) is 60.4 Å². The summed E-state index contributed by atoms with van der Waals surface area (Å²) in [5.41, 5.74) is 2.35. The average molecular weight is 420 g/mol. The Morgan fingerprint density at radius 2 is 1.68 bits per heavy atom. The number of aromatic nitrogens is 3. The van der Waals surface area contributed by atoms with Gasteiger partial charge in [-0.1, -0.05) is 0 Å². The van der Waals surface area contributed by atoms with Gasteiger partial charge in [0, 0.05) is 41.3 Å². The number of carboxylic acid groups (broad SMARTS) is 1. The van der Waals surface area contributed by atoms with Gasteiger partial charge in [-0.25, -0.2) is 9.78 Å². The van der Waals surface area contributed by atoms with Crippen LogP contribution in [0.1, 0.15) is 10.4 Å². The van der Waals surface area contributed by atoms with Crippen LogP contribution >= 0.6 is 0 Å². The van der Waals surface area contributed by atoms with E-state index in [9.17, 15) is 4.79 Å². The number of ether oxygens (including phenoxy) is 3. The van der Waals surface area contributed by atoms with Gasteiger partial charge in [0.15, 0.2) is 11.5 Å². The summed E-state index contributed by atoms with van der Waals surface area (Å²) < 4.78 is 18.0. The van der Waals surface area contributed by atoms with Gasteiger partial charge >= 0.3 is 5.97 Å². The molecule has 0 aliphatic rings. The van der Waals surface area contributed by atoms with Crippen LogP contribution in [0.5, 0.6) is 17.2 Å². The molecule has 0 spiro atoms. The van der Waals surface area contributed by atoms with Gasteiger partial charge in [0.2, 0.25) is 11.7 Å². The van der Waals surface area contributed by atoms with Crippen LogP contribution in [0.3, 0.4) is 0 Å². The molecule has 2 N–H and O–H groups in total. The van der Waals surface area contributed by atoms with Crippen LogP contribution in [0.2, 0.25) is 0 Å². The SMILES string of the molecule is COc1cc(Nc2ncc3ccn(-c4ccc(C(=O)O)cc4)c3n2)cc(OC)c1OC. The molecular weight excluding hydrogens is 400 g/mol. The summed E-state index contributed by atoms with van der Waals surface area (Å²) in [5, 5.41) is 13.1. The molecular formula is C22H20N4O5. The molecule has 158 valence electrons. The third-order valence-electron chi connectivity index (χ3n) is 4.74. The van der Waals surface area contributed by atoms with Crippen molar-refractivity contribution in [2.75, 3.05) is 26.6 Å². The summed E-state index contributed by atoms with van der Waals surface area (Å²) in [6.45, 7) is 0. The number of fused-ring (bicyclic) bond motifs is 1. The third kappa shape index (κ3) is 3.80. The number of carboxylic acids is 1. The first kappa shape index (κ1) is 20.0. The Morgan fingerprint density at radius 3 is 2.26 bits per heavy atom. The molecule has 0 aliphatic carbocycles. The first-order valence-electron chi connectivity index (χ1n) is 9.29. The van der Waals surface area contributed by atoms with E-state index in [4.69, 9.17) is 19.3 Å². The molecule has 0 unspecified atom stereocenters. The van der Waals surface area contributed by atoms with Crippen LogP contribution in [0.15, 0.2) is 54.9 Å². The van der Waals surface area contributed by atoms with E-state index in [-0.39, 0.29) is 5.56 Å². The van der Waals surface area contributed by atoms with Crippen LogP contribution in [0.25, 0.3) is 16.7 Å². The van der Waals surface area contributed by atoms with Crippen molar-refractivity contribution < 1.29 is 24.1 Å². The van der Waals surface area contributed by atoms with Crippen molar-refractivity contribution in [3.8, 4) is 22.9 Å². The lowest BCUT2D eigenvalue weighted by molar-refractivity contribution is 0.0697. The highest BCUT2D eigenvalue weighted by molar-refractivity contribution is 5.88. The number of hydrogen-bond acceptors (Lipinski definition) is 7. The van der Waals surface area contributed by atoms with Crippen molar-refractivity contribution >= 4 is 28.6 Å². The summed E-state index contributed by atoms with van der Waals surface area (Å²) >= 11 is 0. The number of carbonyl (C=O) groups is 1. The van der Waals surface area contributed by atoms with E-state index in [1.165, 1.54) is 0 Å². The topological polar surface area (TPSA) is 108 Å². The maximum atomic E-state index is 11.1. The number of aromatic carboxylic acids is 1. The van der Waals surface area contributed by atoms with E-state index in [0.29, 0.717) is 34.5 Å². The second-order valence-electron chi connectivity index (χ2n) is 6.55. The lowest BCUT2D eigenvalue weighted by Gasteiger charge is -2.14. The van der Waals surface area contributed by atoms with Crippen LogP contribution in [0.4, 0.5) is 11.6 Å². The molecule has 0 radical (unpaired) electrons. The van der Waals surface area contributed by atoms with Gasteiger partial charge in [0.25, 0.3) is 0 Å². The van der Waals surface area contributed by atoms with Gasteiger partial charge < -0.3 is 29.2 Å². The van der Waals surface area contributed by atoms with E-state index >= 15 is 0 Å². The normalized spacial score (nSPS) is 10.7. The van der Waals surface area contributed by atoms with E-state index in [2.05, 4.69) is 15.3 Å². The minimum atomic E-state index is -0.969. The summed E-state index contributed by atoms with van der Waals surface area (Å²) in [5.74, 6) is 0.914. The number of methoxy groups -OCH3 is 3. The van der Waals surface area contributed by atoms with Crippen molar-refractivity contribution in [2.24, 2.45) is 0 Å². The Morgan fingerprint density at radius 1 is 1.00 bits per heavy atom. The molecule has 0 amide bonds. The number of nitrogens with one attached hydrogen (secondary N) is 1. The lowest BCUT2D eigenvalue weighted by Crippen LogP contribution is -2.02. The minimum Gasteiger partial charge on any atom is -0.493 e. The van der Waals surface area contributed by atoms with E-state index in [1.807, 2.05) is 16.8 Å². The molecule has 0 aliphatic heterocycles.